The van der Waals surface area contributed by atoms with Crippen molar-refractivity contribution in [2.24, 2.45) is 0 Å². The number of nitriles is 1. The first kappa shape index (κ1) is 36.1. The molecule has 7 aromatic rings. The fraction of sp³-hybridized carbons (Fsp3) is 0.150. The van der Waals surface area contributed by atoms with Crippen LogP contribution >= 0.6 is 0 Å². The van der Waals surface area contributed by atoms with Crippen molar-refractivity contribution in [3.05, 3.63) is 130 Å². The van der Waals surface area contributed by atoms with Gasteiger partial charge in [-0.05, 0) is 109 Å². The molecule has 0 bridgehead atoms. The van der Waals surface area contributed by atoms with E-state index in [1.807, 2.05) is 0 Å². The molecule has 0 atom stereocenters. The molecule has 7 rings (SSSR count). The van der Waals surface area contributed by atoms with E-state index in [-0.39, 0.29) is 34.1 Å². The van der Waals surface area contributed by atoms with Crippen LogP contribution in [0.2, 0.25) is 0 Å². The van der Waals surface area contributed by atoms with Crippen molar-refractivity contribution in [3.8, 4) is 45.4 Å². The fourth-order valence-electron chi connectivity index (χ4n) is 6.66. The maximum absolute atomic E-state index is 14.4. The molecule has 0 N–H and O–H groups in total. The molecule has 0 spiro atoms. The highest BCUT2D eigenvalue weighted by atomic mass is 19.4. The molecule has 2 aromatic heterocycles. The lowest BCUT2D eigenvalue weighted by Crippen LogP contribution is -2.12. The first-order chi connectivity index (χ1) is 25.3. The number of hydrogen-bond donors (Lipinski definition) is 0. The van der Waals surface area contributed by atoms with Gasteiger partial charge in [-0.1, -0.05) is 30.3 Å². The van der Waals surface area contributed by atoms with Crippen molar-refractivity contribution >= 4 is 21.8 Å². The number of aryl methyl sites for hydroxylation is 3. The van der Waals surface area contributed by atoms with E-state index in [1.54, 1.807) is 60.9 Å². The minimum absolute atomic E-state index is 0.0637. The average Bonchev–Trinajstić information content (AvgIpc) is 3.42. The van der Waals surface area contributed by atoms with Crippen molar-refractivity contribution < 1.29 is 39.5 Å². The number of halogens is 9. The number of hydrogen-bond acceptors (Lipinski definition) is 4. The summed E-state index contributed by atoms with van der Waals surface area (Å²) in [6.07, 6.45) is -14.8. The molecule has 5 nitrogen and oxygen atoms in total. The van der Waals surface area contributed by atoms with Gasteiger partial charge in [0.05, 0.1) is 45.0 Å². The van der Waals surface area contributed by atoms with Crippen LogP contribution in [0, 0.1) is 32.1 Å². The summed E-state index contributed by atoms with van der Waals surface area (Å²) in [4.78, 5) is 13.2. The minimum Gasteiger partial charge on any atom is -0.308 e. The third kappa shape index (κ3) is 6.61. The van der Waals surface area contributed by atoms with E-state index in [1.165, 1.54) is 25.1 Å². The molecule has 54 heavy (non-hydrogen) atoms. The fourth-order valence-corrected chi connectivity index (χ4v) is 6.66. The summed E-state index contributed by atoms with van der Waals surface area (Å²) in [5.74, 6) is 1.00. The third-order valence-electron chi connectivity index (χ3n) is 8.94. The molecule has 0 aliphatic carbocycles. The average molecular weight is 746 g/mol. The molecule has 0 unspecified atom stereocenters. The molecular formula is C40H24F9N5. The highest BCUT2D eigenvalue weighted by molar-refractivity contribution is 6.12. The Morgan fingerprint density at radius 2 is 1.20 bits per heavy atom. The summed E-state index contributed by atoms with van der Waals surface area (Å²) in [5.41, 5.74) is -1.64. The van der Waals surface area contributed by atoms with Gasteiger partial charge in [-0.2, -0.15) is 44.8 Å². The van der Waals surface area contributed by atoms with Gasteiger partial charge < -0.3 is 4.57 Å². The predicted molar refractivity (Wildman–Crippen MR) is 184 cm³/mol. The van der Waals surface area contributed by atoms with Gasteiger partial charge in [0.25, 0.3) is 0 Å². The van der Waals surface area contributed by atoms with Crippen molar-refractivity contribution in [2.75, 3.05) is 0 Å². The Morgan fingerprint density at radius 1 is 0.537 bits per heavy atom. The maximum Gasteiger partial charge on any atom is 0.417 e. The lowest BCUT2D eigenvalue weighted by molar-refractivity contribution is -0.143. The topological polar surface area (TPSA) is 67.4 Å². The Labute approximate surface area is 301 Å². The van der Waals surface area contributed by atoms with Crippen LogP contribution in [0.25, 0.3) is 61.1 Å². The Bertz CT molecular complexity index is 2660. The second-order valence-corrected chi connectivity index (χ2v) is 12.7. The zero-order valence-corrected chi connectivity index (χ0v) is 28.3. The molecular weight excluding hydrogens is 721 g/mol. The molecule has 2 heterocycles. The molecule has 14 heteroatoms. The Balaban J connectivity index is 1.57. The highest BCUT2D eigenvalue weighted by Gasteiger charge is 2.38. The Morgan fingerprint density at radius 3 is 1.85 bits per heavy atom. The summed E-state index contributed by atoms with van der Waals surface area (Å²) in [6.45, 7) is 4.86. The summed E-state index contributed by atoms with van der Waals surface area (Å²) in [5, 5.41) is 10.9. The SMILES string of the molecule is Cc1cc(-c2ccc3c(c2)c2ccc(-c4ccc(C(F)(F)F)cc4C(F)(F)F)cc2n3-c2cc(C#N)ccc2-c2nc(C)nc(C)n2)cc(C(F)(F)F)c1. The number of rotatable bonds is 4. The molecule has 0 fully saturated rings. The number of nitrogens with zero attached hydrogens (tertiary/aromatic N) is 5. The van der Waals surface area contributed by atoms with Gasteiger partial charge in [0, 0.05) is 16.3 Å². The highest BCUT2D eigenvalue weighted by Crippen LogP contribution is 2.44. The molecule has 0 amide bonds. The molecule has 0 saturated heterocycles. The lowest BCUT2D eigenvalue weighted by atomic mass is 9.95. The van der Waals surface area contributed by atoms with E-state index in [9.17, 15) is 44.8 Å². The monoisotopic (exact) mass is 745 g/mol. The number of benzene rings is 5. The van der Waals surface area contributed by atoms with E-state index in [2.05, 4.69) is 21.0 Å². The summed E-state index contributed by atoms with van der Waals surface area (Å²) >= 11 is 0. The summed E-state index contributed by atoms with van der Waals surface area (Å²) in [6, 6.07) is 21.0. The Kier molecular flexibility index (Phi) is 8.51. The zero-order chi connectivity index (χ0) is 38.9. The van der Waals surface area contributed by atoms with E-state index in [4.69, 9.17) is 0 Å². The van der Waals surface area contributed by atoms with Crippen LogP contribution in [0.3, 0.4) is 0 Å². The van der Waals surface area contributed by atoms with E-state index in [0.29, 0.717) is 56.4 Å². The van der Waals surface area contributed by atoms with Gasteiger partial charge in [-0.15, -0.1) is 0 Å². The normalized spacial score (nSPS) is 12.4. The van der Waals surface area contributed by atoms with Crippen molar-refractivity contribution in [1.82, 2.24) is 19.5 Å². The first-order valence-corrected chi connectivity index (χ1v) is 16.1. The van der Waals surface area contributed by atoms with E-state index in [0.717, 1.165) is 18.2 Å². The van der Waals surface area contributed by atoms with Crippen LogP contribution in [-0.2, 0) is 18.5 Å². The van der Waals surface area contributed by atoms with Crippen LogP contribution in [0.4, 0.5) is 39.5 Å². The molecule has 0 aliphatic rings. The van der Waals surface area contributed by atoms with Crippen molar-refractivity contribution in [3.63, 3.8) is 0 Å². The van der Waals surface area contributed by atoms with E-state index < -0.39 is 40.8 Å². The molecule has 0 saturated carbocycles. The minimum atomic E-state index is -5.15. The van der Waals surface area contributed by atoms with Gasteiger partial charge in [0.15, 0.2) is 5.82 Å². The molecule has 0 aliphatic heterocycles. The van der Waals surface area contributed by atoms with Crippen molar-refractivity contribution in [1.29, 1.82) is 5.26 Å². The predicted octanol–water partition coefficient (Wildman–Crippen LogP) is 11.8. The lowest BCUT2D eigenvalue weighted by Gasteiger charge is -2.17. The van der Waals surface area contributed by atoms with Crippen LogP contribution < -0.4 is 0 Å². The molecule has 272 valence electrons. The van der Waals surface area contributed by atoms with Gasteiger partial charge in [-0.3, -0.25) is 0 Å². The second kappa shape index (κ2) is 12.7. The number of aromatic nitrogens is 4. The number of alkyl halides is 9. The van der Waals surface area contributed by atoms with Crippen LogP contribution in [0.15, 0.2) is 91.0 Å². The van der Waals surface area contributed by atoms with Gasteiger partial charge in [-0.25, -0.2) is 15.0 Å². The number of fused-ring (bicyclic) bond motifs is 3. The largest absolute Gasteiger partial charge is 0.417 e. The standard InChI is InChI=1S/C40H24F9N5/c1-20-12-26(15-28(13-20)39(44,45)46)24-6-11-34-32(16-24)30-9-5-25(29-10-7-27(38(41,42)43)18-33(29)40(47,48)49)17-36(30)54(34)35-14-23(19-50)4-8-31(35)37-52-21(2)51-22(3)53-37/h4-18H,1-3H3. The zero-order valence-electron chi connectivity index (χ0n) is 28.3. The van der Waals surface area contributed by atoms with Crippen LogP contribution in [0.1, 0.15) is 39.5 Å². The smallest absolute Gasteiger partial charge is 0.308 e. The van der Waals surface area contributed by atoms with Crippen LogP contribution in [-0.4, -0.2) is 19.5 Å². The molecule has 0 radical (unpaired) electrons. The third-order valence-corrected chi connectivity index (χ3v) is 8.94. The van der Waals surface area contributed by atoms with E-state index >= 15 is 0 Å². The molecule has 5 aromatic carbocycles. The second-order valence-electron chi connectivity index (χ2n) is 12.7. The first-order valence-electron chi connectivity index (χ1n) is 16.1. The summed E-state index contributed by atoms with van der Waals surface area (Å²) < 4.78 is 127. The van der Waals surface area contributed by atoms with Crippen LogP contribution in [0.5, 0.6) is 0 Å². The van der Waals surface area contributed by atoms with Gasteiger partial charge >= 0.3 is 18.5 Å². The van der Waals surface area contributed by atoms with Gasteiger partial charge in [0.1, 0.15) is 11.6 Å². The summed E-state index contributed by atoms with van der Waals surface area (Å²) in [7, 11) is 0. The van der Waals surface area contributed by atoms with Crippen molar-refractivity contribution in [2.45, 2.75) is 39.3 Å². The maximum atomic E-state index is 14.4. The Hall–Kier alpha value is -6.23. The quantitative estimate of drug-likeness (QED) is 0.168. The van der Waals surface area contributed by atoms with Gasteiger partial charge in [0.2, 0.25) is 0 Å².